The fourth-order valence-electron chi connectivity index (χ4n) is 3.10. The summed E-state index contributed by atoms with van der Waals surface area (Å²) in [5.74, 6) is -0.142. The maximum absolute atomic E-state index is 12.3. The van der Waals surface area contributed by atoms with Crippen molar-refractivity contribution in [3.05, 3.63) is 40.4 Å². The van der Waals surface area contributed by atoms with Crippen LogP contribution >= 0.6 is 15.9 Å². The Kier molecular flexibility index (Phi) is 3.38. The molecule has 1 amide bonds. The van der Waals surface area contributed by atoms with Crippen molar-refractivity contribution in [2.75, 3.05) is 5.32 Å². The molecule has 20 heavy (non-hydrogen) atoms. The first kappa shape index (κ1) is 13.4. The van der Waals surface area contributed by atoms with Gasteiger partial charge in [0.05, 0.1) is 5.56 Å². The van der Waals surface area contributed by atoms with Gasteiger partial charge in [-0.2, -0.15) is 0 Å². The summed E-state index contributed by atoms with van der Waals surface area (Å²) in [4.78, 5) is 23.3. The van der Waals surface area contributed by atoms with Crippen LogP contribution in [0.1, 0.15) is 23.2 Å². The highest BCUT2D eigenvalue weighted by Crippen LogP contribution is 2.43. The van der Waals surface area contributed by atoms with E-state index in [1.54, 1.807) is 6.07 Å². The highest BCUT2D eigenvalue weighted by Gasteiger charge is 2.39. The number of allylic oxidation sites excluding steroid dienone is 2. The molecule has 1 fully saturated rings. The van der Waals surface area contributed by atoms with Gasteiger partial charge in [-0.25, -0.2) is 4.79 Å². The van der Waals surface area contributed by atoms with Crippen molar-refractivity contribution >= 4 is 33.5 Å². The highest BCUT2D eigenvalue weighted by molar-refractivity contribution is 9.10. The van der Waals surface area contributed by atoms with E-state index in [9.17, 15) is 9.59 Å². The monoisotopic (exact) mass is 335 g/mol. The molecule has 3 atom stereocenters. The molecule has 0 aliphatic heterocycles. The third-order valence-electron chi connectivity index (χ3n) is 4.03. The van der Waals surface area contributed by atoms with Gasteiger partial charge in [0.1, 0.15) is 0 Å². The third kappa shape index (κ3) is 2.50. The first-order valence-corrected chi connectivity index (χ1v) is 7.35. The molecule has 2 N–H and O–H groups in total. The smallest absolute Gasteiger partial charge is 0.335 e. The molecular weight excluding hydrogens is 322 g/mol. The fourth-order valence-corrected chi connectivity index (χ4v) is 3.60. The number of halogens is 1. The second-order valence-corrected chi connectivity index (χ2v) is 6.33. The minimum Gasteiger partial charge on any atom is -0.478 e. The second kappa shape index (κ2) is 5.05. The van der Waals surface area contributed by atoms with Crippen molar-refractivity contribution in [2.45, 2.75) is 12.8 Å². The predicted octanol–water partition coefficient (Wildman–Crippen LogP) is 3.30. The molecule has 0 heterocycles. The van der Waals surface area contributed by atoms with Crippen LogP contribution < -0.4 is 5.32 Å². The van der Waals surface area contributed by atoms with Gasteiger partial charge < -0.3 is 10.4 Å². The summed E-state index contributed by atoms with van der Waals surface area (Å²) in [6.45, 7) is 0. The van der Waals surface area contributed by atoms with Gasteiger partial charge in [-0.3, -0.25) is 4.79 Å². The van der Waals surface area contributed by atoms with Crippen molar-refractivity contribution in [3.63, 3.8) is 0 Å². The number of carboxylic acids is 1. The lowest BCUT2D eigenvalue weighted by atomic mass is 9.93. The molecule has 1 aromatic carbocycles. The van der Waals surface area contributed by atoms with E-state index in [-0.39, 0.29) is 17.4 Å². The normalized spacial score (nSPS) is 26.8. The number of hydrogen-bond acceptors (Lipinski definition) is 2. The Bertz CT molecular complexity index is 611. The Morgan fingerprint density at radius 1 is 1.20 bits per heavy atom. The van der Waals surface area contributed by atoms with Gasteiger partial charge in [-0.15, -0.1) is 0 Å². The van der Waals surface area contributed by atoms with E-state index >= 15 is 0 Å². The molecular formula is C15H14BrNO3. The van der Waals surface area contributed by atoms with Crippen LogP contribution in [0.3, 0.4) is 0 Å². The number of aromatic carboxylic acids is 1. The molecule has 104 valence electrons. The van der Waals surface area contributed by atoms with E-state index in [2.05, 4.69) is 33.4 Å². The molecule has 2 bridgehead atoms. The molecule has 1 saturated carbocycles. The number of hydrogen-bond donors (Lipinski definition) is 2. The van der Waals surface area contributed by atoms with Gasteiger partial charge in [0, 0.05) is 16.1 Å². The van der Waals surface area contributed by atoms with Gasteiger partial charge in [0.2, 0.25) is 5.91 Å². The average molecular weight is 336 g/mol. The van der Waals surface area contributed by atoms with Gasteiger partial charge in [0.25, 0.3) is 0 Å². The molecule has 5 heteroatoms. The van der Waals surface area contributed by atoms with Crippen LogP contribution in [0.25, 0.3) is 0 Å². The quantitative estimate of drug-likeness (QED) is 0.833. The predicted molar refractivity (Wildman–Crippen MR) is 78.6 cm³/mol. The highest BCUT2D eigenvalue weighted by atomic mass is 79.9. The Balaban J connectivity index is 1.76. The summed E-state index contributed by atoms with van der Waals surface area (Å²) in [6.07, 6.45) is 6.28. The fraction of sp³-hybridized carbons (Fsp3) is 0.333. The van der Waals surface area contributed by atoms with Crippen molar-refractivity contribution in [2.24, 2.45) is 17.8 Å². The third-order valence-corrected chi connectivity index (χ3v) is 4.49. The Hall–Kier alpha value is -1.62. The maximum Gasteiger partial charge on any atom is 0.335 e. The minimum absolute atomic E-state index is 0.0114. The summed E-state index contributed by atoms with van der Waals surface area (Å²) < 4.78 is 0.639. The lowest BCUT2D eigenvalue weighted by Gasteiger charge is -2.17. The molecule has 2 aliphatic rings. The number of carbonyl (C=O) groups excluding carboxylic acids is 1. The molecule has 0 radical (unpaired) electrons. The maximum atomic E-state index is 12.3. The zero-order chi connectivity index (χ0) is 14.3. The standard InChI is InChI=1S/C15H14BrNO3/c16-11-5-10(15(19)20)6-12(7-11)17-14(18)13-4-8-1-2-9(13)3-8/h1-2,5-9,13H,3-4H2,(H,17,18)(H,19,20). The average Bonchev–Trinajstić information content (AvgIpc) is 3.00. The van der Waals surface area contributed by atoms with E-state index in [1.807, 2.05) is 0 Å². The Morgan fingerprint density at radius 2 is 2.00 bits per heavy atom. The molecule has 0 aromatic heterocycles. The minimum atomic E-state index is -1.01. The summed E-state index contributed by atoms with van der Waals surface area (Å²) in [6, 6.07) is 4.71. The molecule has 0 spiro atoms. The van der Waals surface area contributed by atoms with Crippen LogP contribution in [0, 0.1) is 17.8 Å². The lowest BCUT2D eigenvalue weighted by Crippen LogP contribution is -2.26. The van der Waals surface area contributed by atoms with Crippen LogP contribution in [0.4, 0.5) is 5.69 Å². The first-order valence-electron chi connectivity index (χ1n) is 6.56. The molecule has 0 saturated heterocycles. The van der Waals surface area contributed by atoms with Gasteiger partial charge >= 0.3 is 5.97 Å². The lowest BCUT2D eigenvalue weighted by molar-refractivity contribution is -0.120. The largest absolute Gasteiger partial charge is 0.478 e. The number of amides is 1. The van der Waals surface area contributed by atoms with E-state index < -0.39 is 5.97 Å². The number of benzene rings is 1. The van der Waals surface area contributed by atoms with E-state index in [0.29, 0.717) is 22.0 Å². The zero-order valence-electron chi connectivity index (χ0n) is 10.7. The Labute approximate surface area is 125 Å². The number of fused-ring (bicyclic) bond motifs is 2. The van der Waals surface area contributed by atoms with Crippen LogP contribution in [-0.2, 0) is 4.79 Å². The van der Waals surface area contributed by atoms with Crippen molar-refractivity contribution in [1.82, 2.24) is 0 Å². The van der Waals surface area contributed by atoms with Crippen molar-refractivity contribution in [3.8, 4) is 0 Å². The van der Waals surface area contributed by atoms with Gasteiger partial charge in [-0.1, -0.05) is 28.1 Å². The van der Waals surface area contributed by atoms with E-state index in [1.165, 1.54) is 12.1 Å². The number of carbonyl (C=O) groups is 2. The number of carboxylic acid groups (broad SMARTS) is 1. The van der Waals surface area contributed by atoms with Crippen molar-refractivity contribution in [1.29, 1.82) is 0 Å². The van der Waals surface area contributed by atoms with Crippen LogP contribution in [0.5, 0.6) is 0 Å². The Morgan fingerprint density at radius 3 is 2.60 bits per heavy atom. The number of rotatable bonds is 3. The SMILES string of the molecule is O=C(O)c1cc(Br)cc(NC(=O)C2CC3C=CC2C3)c1. The molecule has 3 unspecified atom stereocenters. The van der Waals surface area contributed by atoms with Gasteiger partial charge in [0.15, 0.2) is 0 Å². The number of nitrogens with one attached hydrogen (secondary N) is 1. The second-order valence-electron chi connectivity index (χ2n) is 5.41. The first-order chi connectivity index (χ1) is 9.52. The van der Waals surface area contributed by atoms with Crippen LogP contribution in [0.2, 0.25) is 0 Å². The van der Waals surface area contributed by atoms with Crippen LogP contribution in [0.15, 0.2) is 34.8 Å². The van der Waals surface area contributed by atoms with Crippen molar-refractivity contribution < 1.29 is 14.7 Å². The van der Waals surface area contributed by atoms with Crippen LogP contribution in [-0.4, -0.2) is 17.0 Å². The number of anilines is 1. The molecule has 2 aliphatic carbocycles. The zero-order valence-corrected chi connectivity index (χ0v) is 12.3. The summed E-state index contributed by atoms with van der Waals surface area (Å²) in [7, 11) is 0. The van der Waals surface area contributed by atoms with E-state index in [4.69, 9.17) is 5.11 Å². The molecule has 4 nitrogen and oxygen atoms in total. The summed E-state index contributed by atoms with van der Waals surface area (Å²) in [5, 5.41) is 11.9. The summed E-state index contributed by atoms with van der Waals surface area (Å²) in [5.41, 5.74) is 0.677. The molecule has 3 rings (SSSR count). The topological polar surface area (TPSA) is 66.4 Å². The van der Waals surface area contributed by atoms with E-state index in [0.717, 1.165) is 12.8 Å². The molecule has 1 aromatic rings. The van der Waals surface area contributed by atoms with Gasteiger partial charge in [-0.05, 0) is 42.9 Å². The summed E-state index contributed by atoms with van der Waals surface area (Å²) >= 11 is 3.26.